The molecule has 0 aliphatic carbocycles. The number of furan rings is 1. The van der Waals surface area contributed by atoms with Crippen molar-refractivity contribution in [3.63, 3.8) is 0 Å². The normalized spacial score (nSPS) is 11.6. The van der Waals surface area contributed by atoms with Crippen molar-refractivity contribution in [1.29, 1.82) is 0 Å². The van der Waals surface area contributed by atoms with E-state index in [4.69, 9.17) is 9.40 Å². The largest absolute Gasteiger partial charge is 0.456 e. The summed E-state index contributed by atoms with van der Waals surface area (Å²) in [7, 11) is 0. The maximum atomic E-state index is 6.45. The molecule has 216 valence electrons. The molecule has 0 amide bonds. The predicted octanol–water partition coefficient (Wildman–Crippen LogP) is 11.9. The lowest BCUT2D eigenvalue weighted by molar-refractivity contribution is 0.669. The average Bonchev–Trinajstić information content (AvgIpc) is 3.51. The van der Waals surface area contributed by atoms with E-state index in [0.29, 0.717) is 6.42 Å². The van der Waals surface area contributed by atoms with E-state index in [0.717, 1.165) is 38.9 Å². The van der Waals surface area contributed by atoms with Crippen LogP contribution in [0.4, 0.5) is 0 Å². The van der Waals surface area contributed by atoms with E-state index >= 15 is 0 Å². The van der Waals surface area contributed by atoms with Gasteiger partial charge in [0, 0.05) is 28.5 Å². The molecule has 0 spiro atoms. The number of benzene rings is 7. The molecule has 0 fully saturated rings. The van der Waals surface area contributed by atoms with Crippen LogP contribution in [0.3, 0.4) is 0 Å². The molecule has 2 heterocycles. The molecule has 0 bridgehead atoms. The van der Waals surface area contributed by atoms with Gasteiger partial charge in [0.15, 0.2) is 0 Å². The highest BCUT2D eigenvalue weighted by atomic mass is 16.3. The number of rotatable bonds is 5. The molecule has 2 nitrogen and oxygen atoms in total. The highest BCUT2D eigenvalue weighted by Crippen LogP contribution is 2.39. The average molecular weight is 588 g/mol. The van der Waals surface area contributed by atoms with E-state index in [1.54, 1.807) is 0 Å². The Kier molecular flexibility index (Phi) is 6.24. The van der Waals surface area contributed by atoms with Gasteiger partial charge in [0.25, 0.3) is 0 Å². The molecular weight excluding hydrogens is 558 g/mol. The van der Waals surface area contributed by atoms with E-state index in [-0.39, 0.29) is 0 Å². The quantitative estimate of drug-likeness (QED) is 0.187. The molecule has 0 unspecified atom stereocenters. The number of fused-ring (bicyclic) bond motifs is 6. The molecule has 0 saturated carbocycles. The standard InChI is InChI=1S/C44H29NO/c1-3-11-29(12-4-1)35-26-36(45-40(28-35)31-14-5-2-6-15-31)25-34-17-10-20-42-44(34)39-27-33(23-24-41(39)46-42)38-19-9-16-32-22-21-30-13-7-8-18-37(30)43(32)38/h1-24,26-28H,25H2. The lowest BCUT2D eigenvalue weighted by Gasteiger charge is -2.12. The Hall–Kier alpha value is -5.99. The van der Waals surface area contributed by atoms with E-state index in [2.05, 4.69) is 158 Å². The smallest absolute Gasteiger partial charge is 0.135 e. The Bertz CT molecular complexity index is 2490. The van der Waals surface area contributed by atoms with Gasteiger partial charge in [-0.05, 0) is 79.7 Å². The van der Waals surface area contributed by atoms with Crippen LogP contribution in [0.25, 0.3) is 77.0 Å². The first-order chi connectivity index (χ1) is 22.8. The summed E-state index contributed by atoms with van der Waals surface area (Å²) < 4.78 is 6.45. The van der Waals surface area contributed by atoms with Gasteiger partial charge in [0.1, 0.15) is 11.2 Å². The van der Waals surface area contributed by atoms with Crippen LogP contribution in [0.15, 0.2) is 168 Å². The van der Waals surface area contributed by atoms with Gasteiger partial charge in [0.05, 0.1) is 5.69 Å². The zero-order valence-corrected chi connectivity index (χ0v) is 25.2. The fraction of sp³-hybridized carbons (Fsp3) is 0.0227. The number of aromatic nitrogens is 1. The molecular formula is C44H29NO. The van der Waals surface area contributed by atoms with Crippen molar-refractivity contribution in [2.24, 2.45) is 0 Å². The highest BCUT2D eigenvalue weighted by Gasteiger charge is 2.16. The van der Waals surface area contributed by atoms with Crippen LogP contribution in [-0.4, -0.2) is 4.98 Å². The topological polar surface area (TPSA) is 26.0 Å². The van der Waals surface area contributed by atoms with Gasteiger partial charge in [0.2, 0.25) is 0 Å². The van der Waals surface area contributed by atoms with Gasteiger partial charge < -0.3 is 4.42 Å². The first-order valence-corrected chi connectivity index (χ1v) is 15.8. The van der Waals surface area contributed by atoms with Crippen molar-refractivity contribution in [2.75, 3.05) is 0 Å². The van der Waals surface area contributed by atoms with Crippen molar-refractivity contribution in [3.05, 3.63) is 175 Å². The number of pyridine rings is 1. The minimum atomic E-state index is 0.690. The highest BCUT2D eigenvalue weighted by molar-refractivity contribution is 6.15. The summed E-state index contributed by atoms with van der Waals surface area (Å²) in [5, 5.41) is 7.32. The zero-order chi connectivity index (χ0) is 30.5. The van der Waals surface area contributed by atoms with Gasteiger partial charge >= 0.3 is 0 Å². The van der Waals surface area contributed by atoms with E-state index in [1.807, 2.05) is 6.07 Å². The summed E-state index contributed by atoms with van der Waals surface area (Å²) in [5.41, 5.74) is 10.9. The van der Waals surface area contributed by atoms with Crippen molar-refractivity contribution in [3.8, 4) is 33.5 Å². The third-order valence-electron chi connectivity index (χ3n) is 9.09. The molecule has 2 aromatic heterocycles. The van der Waals surface area contributed by atoms with Crippen molar-refractivity contribution in [2.45, 2.75) is 6.42 Å². The zero-order valence-electron chi connectivity index (χ0n) is 25.2. The Morgan fingerprint density at radius 2 is 1.17 bits per heavy atom. The summed E-state index contributed by atoms with van der Waals surface area (Å²) in [6, 6.07) is 58.1. The first kappa shape index (κ1) is 26.4. The van der Waals surface area contributed by atoms with Gasteiger partial charge in [-0.25, -0.2) is 0 Å². The van der Waals surface area contributed by atoms with Crippen molar-refractivity contribution < 1.29 is 4.42 Å². The van der Waals surface area contributed by atoms with Gasteiger partial charge in [-0.15, -0.1) is 0 Å². The van der Waals surface area contributed by atoms with Crippen molar-refractivity contribution in [1.82, 2.24) is 4.98 Å². The fourth-order valence-corrected chi connectivity index (χ4v) is 6.94. The summed E-state index contributed by atoms with van der Waals surface area (Å²) in [4.78, 5) is 5.19. The molecule has 9 aromatic rings. The summed E-state index contributed by atoms with van der Waals surface area (Å²) in [6.45, 7) is 0. The van der Waals surface area contributed by atoms with E-state index in [9.17, 15) is 0 Å². The molecule has 0 aliphatic rings. The van der Waals surface area contributed by atoms with Crippen LogP contribution in [0.1, 0.15) is 11.3 Å². The molecule has 2 heteroatoms. The lowest BCUT2D eigenvalue weighted by Crippen LogP contribution is -1.97. The van der Waals surface area contributed by atoms with Gasteiger partial charge in [-0.1, -0.05) is 133 Å². The first-order valence-electron chi connectivity index (χ1n) is 15.8. The second-order valence-electron chi connectivity index (χ2n) is 11.9. The third-order valence-corrected chi connectivity index (χ3v) is 9.09. The number of nitrogens with zero attached hydrogens (tertiary/aromatic N) is 1. The Labute approximate surface area is 267 Å². The Balaban J connectivity index is 1.21. The summed E-state index contributed by atoms with van der Waals surface area (Å²) in [6.07, 6.45) is 0.690. The monoisotopic (exact) mass is 587 g/mol. The minimum absolute atomic E-state index is 0.690. The van der Waals surface area contributed by atoms with Crippen LogP contribution in [-0.2, 0) is 6.42 Å². The molecule has 0 radical (unpaired) electrons. The molecule has 0 saturated heterocycles. The second kappa shape index (κ2) is 10.9. The van der Waals surface area contributed by atoms with Crippen LogP contribution in [0.5, 0.6) is 0 Å². The van der Waals surface area contributed by atoms with Gasteiger partial charge in [-0.3, -0.25) is 4.98 Å². The fourth-order valence-electron chi connectivity index (χ4n) is 6.94. The SMILES string of the molecule is c1ccc(-c2cc(Cc3cccc4oc5ccc(-c6cccc7ccc8ccccc8c67)cc5c34)nc(-c3ccccc3)c2)cc1. The number of hydrogen-bond acceptors (Lipinski definition) is 2. The second-order valence-corrected chi connectivity index (χ2v) is 11.9. The van der Waals surface area contributed by atoms with Crippen LogP contribution in [0, 0.1) is 0 Å². The summed E-state index contributed by atoms with van der Waals surface area (Å²) >= 11 is 0. The Morgan fingerprint density at radius 1 is 0.435 bits per heavy atom. The van der Waals surface area contributed by atoms with Gasteiger partial charge in [-0.2, -0.15) is 0 Å². The Morgan fingerprint density at radius 3 is 2.04 bits per heavy atom. The predicted molar refractivity (Wildman–Crippen MR) is 192 cm³/mol. The van der Waals surface area contributed by atoms with Crippen LogP contribution < -0.4 is 0 Å². The van der Waals surface area contributed by atoms with Crippen molar-refractivity contribution >= 4 is 43.5 Å². The summed E-state index contributed by atoms with van der Waals surface area (Å²) in [5.74, 6) is 0. The van der Waals surface area contributed by atoms with E-state index < -0.39 is 0 Å². The molecule has 0 atom stereocenters. The molecule has 0 aliphatic heterocycles. The third kappa shape index (κ3) is 4.55. The molecule has 7 aromatic carbocycles. The van der Waals surface area contributed by atoms with E-state index in [1.165, 1.54) is 49.4 Å². The molecule has 9 rings (SSSR count). The maximum Gasteiger partial charge on any atom is 0.135 e. The maximum absolute atomic E-state index is 6.45. The van der Waals surface area contributed by atoms with Crippen LogP contribution in [0.2, 0.25) is 0 Å². The lowest BCUT2D eigenvalue weighted by atomic mass is 9.92. The number of hydrogen-bond donors (Lipinski definition) is 0. The minimum Gasteiger partial charge on any atom is -0.456 e. The molecule has 46 heavy (non-hydrogen) atoms. The van der Waals surface area contributed by atoms with Crippen LogP contribution >= 0.6 is 0 Å². The molecule has 0 N–H and O–H groups in total.